The molecule has 66 valence electrons. The first-order valence-electron chi connectivity index (χ1n) is 3.94. The predicted octanol–water partition coefficient (Wildman–Crippen LogP) is 1.41. The summed E-state index contributed by atoms with van der Waals surface area (Å²) < 4.78 is 1.12. The molecule has 1 heterocycles. The highest BCUT2D eigenvalue weighted by molar-refractivity contribution is 14.1. The zero-order valence-corrected chi connectivity index (χ0v) is 9.80. The van der Waals surface area contributed by atoms with Gasteiger partial charge < -0.3 is 0 Å². The lowest BCUT2D eigenvalue weighted by molar-refractivity contribution is 0.464. The van der Waals surface area contributed by atoms with E-state index in [0.29, 0.717) is 0 Å². The second-order valence-corrected chi connectivity index (χ2v) is 4.59. The van der Waals surface area contributed by atoms with E-state index in [0.717, 1.165) is 17.5 Å². The van der Waals surface area contributed by atoms with Crippen LogP contribution in [-0.2, 0) is 0 Å². The molecule has 2 N–H and O–H groups in total. The van der Waals surface area contributed by atoms with Crippen molar-refractivity contribution in [2.45, 2.75) is 17.8 Å². The van der Waals surface area contributed by atoms with E-state index in [1.54, 1.807) is 0 Å². The highest BCUT2D eigenvalue weighted by Gasteiger charge is 2.27. The SMILES string of the molecule is CSC1(CI)NCCCCN1. The van der Waals surface area contributed by atoms with Crippen molar-refractivity contribution < 1.29 is 0 Å². The van der Waals surface area contributed by atoms with Crippen molar-refractivity contribution in [2.75, 3.05) is 23.8 Å². The molecule has 0 unspecified atom stereocenters. The molecule has 1 saturated heterocycles. The van der Waals surface area contributed by atoms with Gasteiger partial charge in [-0.2, -0.15) is 0 Å². The van der Waals surface area contributed by atoms with E-state index in [4.69, 9.17) is 0 Å². The first-order valence-corrected chi connectivity index (χ1v) is 6.69. The summed E-state index contributed by atoms with van der Waals surface area (Å²) >= 11 is 4.31. The molecular formula is C7H15IN2S. The maximum atomic E-state index is 3.54. The maximum absolute atomic E-state index is 3.54. The molecule has 0 amide bonds. The molecule has 0 radical (unpaired) electrons. The molecule has 11 heavy (non-hydrogen) atoms. The van der Waals surface area contributed by atoms with Gasteiger partial charge in [-0.1, -0.05) is 22.6 Å². The van der Waals surface area contributed by atoms with Crippen LogP contribution in [0.5, 0.6) is 0 Å². The number of thioether (sulfide) groups is 1. The Morgan fingerprint density at radius 3 is 2.27 bits per heavy atom. The van der Waals surface area contributed by atoms with Crippen LogP contribution in [0.2, 0.25) is 0 Å². The van der Waals surface area contributed by atoms with Crippen molar-refractivity contribution in [3.8, 4) is 0 Å². The van der Waals surface area contributed by atoms with Crippen molar-refractivity contribution in [3.63, 3.8) is 0 Å². The van der Waals surface area contributed by atoms with E-state index >= 15 is 0 Å². The highest BCUT2D eigenvalue weighted by Crippen LogP contribution is 2.20. The van der Waals surface area contributed by atoms with Crippen LogP contribution >= 0.6 is 34.4 Å². The van der Waals surface area contributed by atoms with Gasteiger partial charge in [-0.05, 0) is 32.2 Å². The van der Waals surface area contributed by atoms with Crippen molar-refractivity contribution in [2.24, 2.45) is 0 Å². The minimum atomic E-state index is 0.150. The second-order valence-electron chi connectivity index (χ2n) is 2.73. The van der Waals surface area contributed by atoms with Gasteiger partial charge >= 0.3 is 0 Å². The predicted molar refractivity (Wildman–Crippen MR) is 60.4 cm³/mol. The van der Waals surface area contributed by atoms with Crippen molar-refractivity contribution in [3.05, 3.63) is 0 Å². The Hall–Kier alpha value is 1.00. The van der Waals surface area contributed by atoms with E-state index in [-0.39, 0.29) is 4.99 Å². The van der Waals surface area contributed by atoms with Gasteiger partial charge in [0.15, 0.2) is 0 Å². The van der Waals surface area contributed by atoms with Gasteiger partial charge in [0.1, 0.15) is 4.99 Å². The molecule has 1 fully saturated rings. The fourth-order valence-electron chi connectivity index (χ4n) is 1.19. The molecule has 4 heteroatoms. The largest absolute Gasteiger partial charge is 0.290 e. The highest BCUT2D eigenvalue weighted by atomic mass is 127. The Kier molecular flexibility index (Phi) is 4.48. The molecule has 1 rings (SSSR count). The molecule has 0 atom stereocenters. The van der Waals surface area contributed by atoms with E-state index in [1.165, 1.54) is 12.8 Å². The number of halogens is 1. The van der Waals surface area contributed by atoms with Crippen molar-refractivity contribution >= 4 is 34.4 Å². The Balaban J connectivity index is 2.49. The van der Waals surface area contributed by atoms with Gasteiger partial charge in [0.2, 0.25) is 0 Å². The van der Waals surface area contributed by atoms with Gasteiger partial charge in [-0.25, -0.2) is 0 Å². The second kappa shape index (κ2) is 4.89. The lowest BCUT2D eigenvalue weighted by Crippen LogP contribution is -2.54. The number of nitrogens with one attached hydrogen (secondary N) is 2. The van der Waals surface area contributed by atoms with Gasteiger partial charge in [-0.15, -0.1) is 11.8 Å². The molecule has 0 spiro atoms. The quantitative estimate of drug-likeness (QED) is 0.593. The maximum Gasteiger partial charge on any atom is 0.126 e. The number of alkyl halides is 1. The zero-order chi connectivity index (χ0) is 8.16. The first kappa shape index (κ1) is 10.1. The Morgan fingerprint density at radius 2 is 1.91 bits per heavy atom. The monoisotopic (exact) mass is 286 g/mol. The third-order valence-electron chi connectivity index (χ3n) is 1.96. The molecule has 0 aromatic heterocycles. The molecule has 0 aromatic rings. The van der Waals surface area contributed by atoms with Crippen LogP contribution in [0, 0.1) is 0 Å². The third kappa shape index (κ3) is 2.75. The summed E-state index contributed by atoms with van der Waals surface area (Å²) in [6.07, 6.45) is 4.75. The molecule has 2 nitrogen and oxygen atoms in total. The van der Waals surface area contributed by atoms with Gasteiger partial charge in [-0.3, -0.25) is 10.6 Å². The summed E-state index contributed by atoms with van der Waals surface area (Å²) in [5.41, 5.74) is 0. The normalized spacial score (nSPS) is 24.5. The number of hydrogen-bond donors (Lipinski definition) is 2. The average Bonchev–Trinajstić information content (AvgIpc) is 2.30. The van der Waals surface area contributed by atoms with E-state index < -0.39 is 0 Å². The summed E-state index contributed by atoms with van der Waals surface area (Å²) in [5.74, 6) is 0. The molecule has 0 saturated carbocycles. The molecule has 0 aromatic carbocycles. The van der Waals surface area contributed by atoms with Crippen LogP contribution in [0.1, 0.15) is 12.8 Å². The van der Waals surface area contributed by atoms with Crippen LogP contribution in [0.4, 0.5) is 0 Å². The van der Waals surface area contributed by atoms with Crippen LogP contribution < -0.4 is 10.6 Å². The third-order valence-corrected chi connectivity index (χ3v) is 4.75. The Bertz CT molecular complexity index is 107. The Labute approximate surface area is 86.4 Å². The number of hydrogen-bond acceptors (Lipinski definition) is 3. The lowest BCUT2D eigenvalue weighted by atomic mass is 10.3. The van der Waals surface area contributed by atoms with Gasteiger partial charge in [0.05, 0.1) is 0 Å². The topological polar surface area (TPSA) is 24.1 Å². The summed E-state index contributed by atoms with van der Waals surface area (Å²) in [5, 5.41) is 7.08. The smallest absolute Gasteiger partial charge is 0.126 e. The Morgan fingerprint density at radius 1 is 1.36 bits per heavy atom. The van der Waals surface area contributed by atoms with Crippen LogP contribution in [0.3, 0.4) is 0 Å². The average molecular weight is 286 g/mol. The zero-order valence-electron chi connectivity index (χ0n) is 6.82. The molecule has 1 aliphatic rings. The molecular weight excluding hydrogens is 271 g/mol. The fraction of sp³-hybridized carbons (Fsp3) is 1.00. The van der Waals surface area contributed by atoms with Crippen LogP contribution in [0.25, 0.3) is 0 Å². The minimum Gasteiger partial charge on any atom is -0.290 e. The molecule has 0 aliphatic carbocycles. The molecule has 1 aliphatic heterocycles. The van der Waals surface area contributed by atoms with Crippen LogP contribution in [0.15, 0.2) is 0 Å². The fourth-order valence-corrected chi connectivity index (χ4v) is 3.26. The van der Waals surface area contributed by atoms with E-state index in [9.17, 15) is 0 Å². The summed E-state index contributed by atoms with van der Waals surface area (Å²) in [4.78, 5) is 0.150. The molecule has 0 bridgehead atoms. The van der Waals surface area contributed by atoms with Gasteiger partial charge in [0, 0.05) is 4.43 Å². The van der Waals surface area contributed by atoms with Crippen molar-refractivity contribution in [1.29, 1.82) is 0 Å². The standard InChI is InChI=1S/C7H15IN2S/c1-11-7(6-8)9-4-2-3-5-10-7/h9-10H,2-6H2,1H3. The van der Waals surface area contributed by atoms with Gasteiger partial charge in [0.25, 0.3) is 0 Å². The lowest BCUT2D eigenvalue weighted by Gasteiger charge is -2.30. The van der Waals surface area contributed by atoms with E-state index in [1.807, 2.05) is 11.8 Å². The van der Waals surface area contributed by atoms with Crippen LogP contribution in [-0.4, -0.2) is 28.8 Å². The summed E-state index contributed by atoms with van der Waals surface area (Å²) in [7, 11) is 0. The first-order chi connectivity index (χ1) is 5.33. The minimum absolute atomic E-state index is 0.150. The number of rotatable bonds is 2. The summed E-state index contributed by atoms with van der Waals surface area (Å²) in [6.45, 7) is 2.30. The van der Waals surface area contributed by atoms with Crippen molar-refractivity contribution in [1.82, 2.24) is 10.6 Å². The van der Waals surface area contributed by atoms with E-state index in [2.05, 4.69) is 39.5 Å². The summed E-state index contributed by atoms with van der Waals surface area (Å²) in [6, 6.07) is 0.